The highest BCUT2D eigenvalue weighted by Crippen LogP contribution is 2.12. The minimum absolute atomic E-state index is 0.106. The van der Waals surface area contributed by atoms with Crippen LogP contribution in [-0.2, 0) is 30.2 Å². The Bertz CT molecular complexity index is 1140. The number of aromatic nitrogens is 4. The number of ether oxygens (including phenoxy) is 2. The number of hydrogen-bond acceptors (Lipinski definition) is 6. The summed E-state index contributed by atoms with van der Waals surface area (Å²) in [5, 5.41) is 0. The van der Waals surface area contributed by atoms with Gasteiger partial charge in [0.05, 0.1) is 19.5 Å². The van der Waals surface area contributed by atoms with Gasteiger partial charge in [-0.3, -0.25) is 18.7 Å². The van der Waals surface area contributed by atoms with Gasteiger partial charge in [0.15, 0.2) is 11.2 Å². The fourth-order valence-corrected chi connectivity index (χ4v) is 3.01. The van der Waals surface area contributed by atoms with Gasteiger partial charge in [-0.25, -0.2) is 9.78 Å². The van der Waals surface area contributed by atoms with Crippen molar-refractivity contribution in [2.75, 3.05) is 13.2 Å². The van der Waals surface area contributed by atoms with Gasteiger partial charge < -0.3 is 14.0 Å². The number of carbonyl (C=O) groups excluding carboxylic acids is 1. The Labute approximate surface area is 167 Å². The normalized spacial score (nSPS) is 11.0. The molecule has 0 radical (unpaired) electrons. The molecule has 1 aromatic carbocycles. The van der Waals surface area contributed by atoms with Crippen LogP contribution >= 0.6 is 0 Å². The lowest BCUT2D eigenvalue weighted by Crippen LogP contribution is -2.37. The summed E-state index contributed by atoms with van der Waals surface area (Å²) in [6, 6.07) is 7.72. The SMILES string of the molecule is Cc1cccc(OCCCC(=O)OCCn2cnc3c2c(=O)n(C)c(=O)n3C)c1. The van der Waals surface area contributed by atoms with Gasteiger partial charge in [-0.15, -0.1) is 0 Å². The second-order valence-electron chi connectivity index (χ2n) is 6.80. The maximum atomic E-state index is 12.4. The molecule has 9 nitrogen and oxygen atoms in total. The van der Waals surface area contributed by atoms with Gasteiger partial charge in [0.1, 0.15) is 12.4 Å². The van der Waals surface area contributed by atoms with Crippen molar-refractivity contribution in [3.63, 3.8) is 0 Å². The summed E-state index contributed by atoms with van der Waals surface area (Å²) in [7, 11) is 2.97. The minimum atomic E-state index is -0.438. The zero-order valence-corrected chi connectivity index (χ0v) is 16.8. The van der Waals surface area contributed by atoms with Crippen LogP contribution in [0.25, 0.3) is 11.2 Å². The molecule has 0 aliphatic carbocycles. The van der Waals surface area contributed by atoms with Gasteiger partial charge in [-0.1, -0.05) is 12.1 Å². The number of imidazole rings is 1. The molecular weight excluding hydrogens is 376 g/mol. The average Bonchev–Trinajstić information content (AvgIpc) is 3.12. The number of carbonyl (C=O) groups is 1. The lowest BCUT2D eigenvalue weighted by Gasteiger charge is -2.08. The molecule has 0 bridgehead atoms. The van der Waals surface area contributed by atoms with E-state index in [1.54, 1.807) is 11.6 Å². The molecule has 0 aliphatic heterocycles. The van der Waals surface area contributed by atoms with Crippen LogP contribution in [-0.4, -0.2) is 37.9 Å². The van der Waals surface area contributed by atoms with Gasteiger partial charge in [-0.05, 0) is 31.0 Å². The van der Waals surface area contributed by atoms with Gasteiger partial charge in [0, 0.05) is 20.5 Å². The summed E-state index contributed by atoms with van der Waals surface area (Å²) in [6.07, 6.45) is 2.26. The Balaban J connectivity index is 1.48. The third-order valence-electron chi connectivity index (χ3n) is 4.60. The van der Waals surface area contributed by atoms with E-state index in [-0.39, 0.29) is 25.5 Å². The number of hydrogen-bond donors (Lipinski definition) is 0. The highest BCUT2D eigenvalue weighted by atomic mass is 16.5. The van der Waals surface area contributed by atoms with Crippen LogP contribution in [0.15, 0.2) is 40.2 Å². The van der Waals surface area contributed by atoms with Crippen molar-refractivity contribution in [1.82, 2.24) is 18.7 Å². The number of aryl methyl sites for hydroxylation is 2. The molecule has 0 aliphatic rings. The Kier molecular flexibility index (Phi) is 6.16. The highest BCUT2D eigenvalue weighted by molar-refractivity contribution is 5.70. The van der Waals surface area contributed by atoms with E-state index in [1.165, 1.54) is 17.9 Å². The van der Waals surface area contributed by atoms with Crippen LogP contribution in [0.2, 0.25) is 0 Å². The third-order valence-corrected chi connectivity index (χ3v) is 4.60. The maximum absolute atomic E-state index is 12.4. The largest absolute Gasteiger partial charge is 0.494 e. The van der Waals surface area contributed by atoms with Crippen molar-refractivity contribution >= 4 is 17.1 Å². The molecule has 3 rings (SSSR count). The Hall–Kier alpha value is -3.36. The molecule has 2 aromatic heterocycles. The van der Waals surface area contributed by atoms with E-state index in [0.29, 0.717) is 24.2 Å². The molecule has 0 saturated carbocycles. The molecule has 0 amide bonds. The predicted molar refractivity (Wildman–Crippen MR) is 107 cm³/mol. The van der Waals surface area contributed by atoms with Crippen molar-refractivity contribution in [3.05, 3.63) is 57.0 Å². The molecule has 154 valence electrons. The van der Waals surface area contributed by atoms with Crippen LogP contribution in [0, 0.1) is 6.92 Å². The molecule has 0 spiro atoms. The van der Waals surface area contributed by atoms with Crippen LogP contribution in [0.5, 0.6) is 5.75 Å². The standard InChI is InChI=1S/C20H24N4O5/c1-14-6-4-7-15(12-14)28-10-5-8-16(25)29-11-9-24-13-21-18-17(24)19(26)23(3)20(27)22(18)2/h4,6-7,12-13H,5,8-11H2,1-3H3. The fourth-order valence-electron chi connectivity index (χ4n) is 3.01. The smallest absolute Gasteiger partial charge is 0.332 e. The van der Waals surface area contributed by atoms with Crippen molar-refractivity contribution in [3.8, 4) is 5.75 Å². The number of fused-ring (bicyclic) bond motifs is 1. The fraction of sp³-hybridized carbons (Fsp3) is 0.400. The van der Waals surface area contributed by atoms with Crippen molar-refractivity contribution < 1.29 is 14.3 Å². The summed E-state index contributed by atoms with van der Waals surface area (Å²) in [5.74, 6) is 0.448. The quantitative estimate of drug-likeness (QED) is 0.416. The molecule has 2 heterocycles. The highest BCUT2D eigenvalue weighted by Gasteiger charge is 2.14. The van der Waals surface area contributed by atoms with E-state index in [4.69, 9.17) is 9.47 Å². The number of rotatable bonds is 8. The topological polar surface area (TPSA) is 97.3 Å². The van der Waals surface area contributed by atoms with E-state index >= 15 is 0 Å². The molecule has 3 aromatic rings. The van der Waals surface area contributed by atoms with Gasteiger partial charge in [0.25, 0.3) is 5.56 Å². The summed E-state index contributed by atoms with van der Waals surface area (Å²) < 4.78 is 14.8. The van der Waals surface area contributed by atoms with Gasteiger partial charge in [0.2, 0.25) is 0 Å². The van der Waals surface area contributed by atoms with Gasteiger partial charge >= 0.3 is 11.7 Å². The summed E-state index contributed by atoms with van der Waals surface area (Å²) in [5.41, 5.74) is 0.853. The Morgan fingerprint density at radius 1 is 1.14 bits per heavy atom. The van der Waals surface area contributed by atoms with E-state index in [2.05, 4.69) is 4.98 Å². The van der Waals surface area contributed by atoms with Crippen LogP contribution in [0.1, 0.15) is 18.4 Å². The average molecular weight is 400 g/mol. The zero-order valence-electron chi connectivity index (χ0n) is 16.8. The maximum Gasteiger partial charge on any atom is 0.332 e. The first kappa shape index (κ1) is 20.4. The number of esters is 1. The first-order valence-corrected chi connectivity index (χ1v) is 9.34. The summed E-state index contributed by atoms with van der Waals surface area (Å²) >= 11 is 0. The predicted octanol–water partition coefficient (Wildman–Crippen LogP) is 1.14. The molecule has 0 saturated heterocycles. The molecular formula is C20H24N4O5. The second kappa shape index (κ2) is 8.76. The Morgan fingerprint density at radius 3 is 2.69 bits per heavy atom. The zero-order chi connectivity index (χ0) is 21.0. The summed E-state index contributed by atoms with van der Waals surface area (Å²) in [6.45, 7) is 2.79. The molecule has 9 heteroatoms. The van der Waals surface area contributed by atoms with Crippen LogP contribution < -0.4 is 16.0 Å². The summed E-state index contributed by atoms with van der Waals surface area (Å²) in [4.78, 5) is 40.3. The van der Waals surface area contributed by atoms with E-state index in [1.807, 2.05) is 31.2 Å². The number of nitrogens with zero attached hydrogens (tertiary/aromatic N) is 4. The first-order chi connectivity index (χ1) is 13.9. The third kappa shape index (κ3) is 4.56. The van der Waals surface area contributed by atoms with Crippen LogP contribution in [0.4, 0.5) is 0 Å². The van der Waals surface area contributed by atoms with E-state index < -0.39 is 11.2 Å². The van der Waals surface area contributed by atoms with Crippen molar-refractivity contribution in [2.24, 2.45) is 14.1 Å². The molecule has 29 heavy (non-hydrogen) atoms. The van der Waals surface area contributed by atoms with Crippen molar-refractivity contribution in [1.29, 1.82) is 0 Å². The van der Waals surface area contributed by atoms with E-state index in [9.17, 15) is 14.4 Å². The molecule has 0 fully saturated rings. The molecule has 0 N–H and O–H groups in total. The van der Waals surface area contributed by atoms with E-state index in [0.717, 1.165) is 15.9 Å². The first-order valence-electron chi connectivity index (χ1n) is 9.34. The van der Waals surface area contributed by atoms with Crippen LogP contribution in [0.3, 0.4) is 0 Å². The lowest BCUT2D eigenvalue weighted by atomic mass is 10.2. The molecule has 0 unspecified atom stereocenters. The minimum Gasteiger partial charge on any atom is -0.494 e. The van der Waals surface area contributed by atoms with Gasteiger partial charge in [-0.2, -0.15) is 0 Å². The Morgan fingerprint density at radius 2 is 1.93 bits per heavy atom. The second-order valence-corrected chi connectivity index (χ2v) is 6.80. The monoisotopic (exact) mass is 400 g/mol. The lowest BCUT2D eigenvalue weighted by molar-refractivity contribution is -0.144. The molecule has 0 atom stereocenters. The number of benzene rings is 1. The van der Waals surface area contributed by atoms with Crippen molar-refractivity contribution in [2.45, 2.75) is 26.3 Å².